The van der Waals surface area contributed by atoms with Gasteiger partial charge in [-0.2, -0.15) is 5.10 Å². The molecule has 3 heterocycles. The smallest absolute Gasteiger partial charge is 0.290 e. The molecule has 0 unspecified atom stereocenters. The van der Waals surface area contributed by atoms with Crippen LogP contribution in [0, 0.1) is 5.92 Å². The molecule has 11 nitrogen and oxygen atoms in total. The van der Waals surface area contributed by atoms with E-state index in [0.29, 0.717) is 38.9 Å². The van der Waals surface area contributed by atoms with Gasteiger partial charge in [-0.05, 0) is 25.7 Å². The third kappa shape index (κ3) is 6.25. The van der Waals surface area contributed by atoms with E-state index in [1.54, 1.807) is 15.9 Å². The molecule has 3 atom stereocenters. The number of carbonyl (C=O) groups is 4. The van der Waals surface area contributed by atoms with Crippen LogP contribution in [0.3, 0.4) is 0 Å². The number of carboxylic acid groups (broad SMARTS) is 1. The zero-order valence-electron chi connectivity index (χ0n) is 18.1. The highest BCUT2D eigenvalue weighted by atomic mass is 16.3. The maximum Gasteiger partial charge on any atom is 0.290 e. The van der Waals surface area contributed by atoms with Crippen LogP contribution in [0.2, 0.25) is 0 Å². The fraction of sp³-hybridized carbons (Fsp3) is 0.700. The van der Waals surface area contributed by atoms with E-state index in [2.05, 4.69) is 15.4 Å². The lowest BCUT2D eigenvalue weighted by atomic mass is 9.96. The molecule has 2 saturated heterocycles. The minimum Gasteiger partial charge on any atom is -0.483 e. The number of rotatable bonds is 8. The Bertz CT molecular complexity index is 740. The molecule has 0 aliphatic carbocycles. The van der Waals surface area contributed by atoms with Crippen LogP contribution in [0.15, 0.2) is 12.7 Å². The molecule has 3 amide bonds. The van der Waals surface area contributed by atoms with Crippen LogP contribution in [0.1, 0.15) is 46.0 Å². The van der Waals surface area contributed by atoms with Crippen LogP contribution in [-0.4, -0.2) is 85.6 Å². The molecular formula is C20H32N6O5. The van der Waals surface area contributed by atoms with E-state index in [-0.39, 0.29) is 48.7 Å². The monoisotopic (exact) mass is 436 g/mol. The third-order valence-corrected chi connectivity index (χ3v) is 5.69. The van der Waals surface area contributed by atoms with E-state index in [4.69, 9.17) is 9.90 Å². The van der Waals surface area contributed by atoms with Crippen molar-refractivity contribution in [1.29, 1.82) is 0 Å². The van der Waals surface area contributed by atoms with E-state index in [1.165, 1.54) is 6.33 Å². The first-order chi connectivity index (χ1) is 15.0. The summed E-state index contributed by atoms with van der Waals surface area (Å²) in [6, 6.07) is -0.137. The molecule has 11 heteroatoms. The fourth-order valence-electron chi connectivity index (χ4n) is 4.37. The van der Waals surface area contributed by atoms with E-state index in [9.17, 15) is 14.4 Å². The van der Waals surface area contributed by atoms with E-state index >= 15 is 0 Å². The molecule has 0 aromatic carbocycles. The number of hydrogen-bond donors (Lipinski definition) is 2. The number of nitrogens with one attached hydrogen (secondary N) is 1. The van der Waals surface area contributed by atoms with Crippen molar-refractivity contribution in [3.05, 3.63) is 12.7 Å². The van der Waals surface area contributed by atoms with Gasteiger partial charge in [0.1, 0.15) is 12.7 Å². The lowest BCUT2D eigenvalue weighted by Gasteiger charge is -2.39. The highest BCUT2D eigenvalue weighted by Gasteiger charge is 2.49. The van der Waals surface area contributed by atoms with Crippen LogP contribution in [-0.2, 0) is 25.7 Å². The predicted octanol–water partition coefficient (Wildman–Crippen LogP) is 0.123. The maximum atomic E-state index is 12.8. The minimum absolute atomic E-state index is 0.0138. The molecule has 2 aliphatic heterocycles. The lowest BCUT2D eigenvalue weighted by molar-refractivity contribution is -0.149. The normalized spacial score (nSPS) is 22.4. The Kier molecular flexibility index (Phi) is 9.41. The van der Waals surface area contributed by atoms with Gasteiger partial charge in [-0.25, -0.2) is 4.98 Å². The second-order valence-corrected chi connectivity index (χ2v) is 7.71. The summed E-state index contributed by atoms with van der Waals surface area (Å²) in [5.41, 5.74) is 0. The number of nitrogens with zero attached hydrogens (tertiary/aromatic N) is 5. The minimum atomic E-state index is -0.250. The summed E-state index contributed by atoms with van der Waals surface area (Å²) in [6.07, 6.45) is 6.38. The van der Waals surface area contributed by atoms with Gasteiger partial charge in [0.2, 0.25) is 17.7 Å². The molecule has 0 spiro atoms. The van der Waals surface area contributed by atoms with Crippen LogP contribution in [0.4, 0.5) is 0 Å². The first-order valence-corrected chi connectivity index (χ1v) is 10.7. The summed E-state index contributed by atoms with van der Waals surface area (Å²) in [6.45, 7) is 5.69. The standard InChI is InChI=1S/C19H30N6O3.CH2O2/c1-3-7-21-19(28)15-9-14-10-23(11-18(27)25(14)16(15)4-2)17(26)6-5-8-24-13-20-12-22-24;2-1-3/h12-16H,3-11H2,1-2H3,(H,21,28);1H,(H,2,3)/t14-,15-,16-;/m0./s1. The van der Waals surface area contributed by atoms with Gasteiger partial charge in [0, 0.05) is 32.1 Å². The molecule has 0 saturated carbocycles. The number of amides is 3. The van der Waals surface area contributed by atoms with Gasteiger partial charge in [-0.3, -0.25) is 23.9 Å². The fourth-order valence-corrected chi connectivity index (χ4v) is 4.37. The first kappa shape index (κ1) is 24.3. The number of aromatic nitrogens is 3. The number of carbonyl (C=O) groups excluding carboxylic acids is 3. The van der Waals surface area contributed by atoms with Gasteiger partial charge in [0.15, 0.2) is 0 Å². The quantitative estimate of drug-likeness (QED) is 0.552. The van der Waals surface area contributed by atoms with E-state index < -0.39 is 0 Å². The predicted molar refractivity (Wildman–Crippen MR) is 111 cm³/mol. The number of fused-ring (bicyclic) bond motifs is 1. The van der Waals surface area contributed by atoms with Crippen molar-refractivity contribution in [2.45, 2.75) is 64.6 Å². The molecular weight excluding hydrogens is 404 g/mol. The van der Waals surface area contributed by atoms with Crippen LogP contribution >= 0.6 is 0 Å². The van der Waals surface area contributed by atoms with Gasteiger partial charge >= 0.3 is 0 Å². The first-order valence-electron chi connectivity index (χ1n) is 10.7. The van der Waals surface area contributed by atoms with Gasteiger partial charge in [0.25, 0.3) is 6.47 Å². The van der Waals surface area contributed by atoms with Crippen molar-refractivity contribution in [3.8, 4) is 0 Å². The summed E-state index contributed by atoms with van der Waals surface area (Å²) in [5.74, 6) is -0.215. The molecule has 2 fully saturated rings. The summed E-state index contributed by atoms with van der Waals surface area (Å²) < 4.78 is 1.69. The Balaban J connectivity index is 0.00000107. The van der Waals surface area contributed by atoms with Gasteiger partial charge in [0.05, 0.1) is 18.5 Å². The van der Waals surface area contributed by atoms with Crippen molar-refractivity contribution < 1.29 is 24.3 Å². The topological polar surface area (TPSA) is 138 Å². The van der Waals surface area contributed by atoms with Crippen LogP contribution in [0.25, 0.3) is 0 Å². The van der Waals surface area contributed by atoms with Gasteiger partial charge in [-0.15, -0.1) is 0 Å². The largest absolute Gasteiger partial charge is 0.483 e. The van der Waals surface area contributed by atoms with Crippen molar-refractivity contribution in [2.24, 2.45) is 5.92 Å². The number of hydrogen-bond acceptors (Lipinski definition) is 6. The Hall–Kier alpha value is -2.98. The summed E-state index contributed by atoms with van der Waals surface area (Å²) in [4.78, 5) is 53.7. The van der Waals surface area contributed by atoms with E-state index in [1.807, 2.05) is 18.7 Å². The molecule has 0 radical (unpaired) electrons. The average molecular weight is 437 g/mol. The second-order valence-electron chi connectivity index (χ2n) is 7.71. The molecule has 3 rings (SSSR count). The second kappa shape index (κ2) is 12.0. The lowest BCUT2D eigenvalue weighted by Crippen LogP contribution is -2.57. The molecule has 31 heavy (non-hydrogen) atoms. The van der Waals surface area contributed by atoms with Crippen molar-refractivity contribution in [1.82, 2.24) is 29.9 Å². The summed E-state index contributed by atoms with van der Waals surface area (Å²) in [7, 11) is 0. The maximum absolute atomic E-state index is 12.8. The molecule has 2 aliphatic rings. The van der Waals surface area contributed by atoms with Crippen molar-refractivity contribution in [3.63, 3.8) is 0 Å². The molecule has 172 valence electrons. The van der Waals surface area contributed by atoms with E-state index in [0.717, 1.165) is 12.8 Å². The van der Waals surface area contributed by atoms with Crippen LogP contribution < -0.4 is 5.32 Å². The van der Waals surface area contributed by atoms with Gasteiger partial charge < -0.3 is 20.2 Å². The number of aryl methyl sites for hydroxylation is 1. The molecule has 2 N–H and O–H groups in total. The Labute approximate surface area is 181 Å². The van der Waals surface area contributed by atoms with Crippen molar-refractivity contribution >= 4 is 24.2 Å². The zero-order valence-corrected chi connectivity index (χ0v) is 18.1. The molecule has 1 aromatic rings. The summed E-state index contributed by atoms with van der Waals surface area (Å²) >= 11 is 0. The third-order valence-electron chi connectivity index (χ3n) is 5.69. The Morgan fingerprint density at radius 2 is 2.10 bits per heavy atom. The average Bonchev–Trinajstić information content (AvgIpc) is 3.40. The SMILES string of the molecule is CCCNC(=O)[C@H]1C[C@H]2CN(C(=O)CCCn3cncn3)CC(=O)N2[C@H]1CC.O=CO. The molecule has 0 bridgehead atoms. The number of piperazine rings is 1. The zero-order chi connectivity index (χ0) is 22.8. The van der Waals surface area contributed by atoms with Gasteiger partial charge in [-0.1, -0.05) is 13.8 Å². The summed E-state index contributed by atoms with van der Waals surface area (Å²) in [5, 5.41) is 13.9. The molecule has 1 aromatic heterocycles. The van der Waals surface area contributed by atoms with Crippen LogP contribution in [0.5, 0.6) is 0 Å². The van der Waals surface area contributed by atoms with Crippen molar-refractivity contribution in [2.75, 3.05) is 19.6 Å². The Morgan fingerprint density at radius 3 is 2.71 bits per heavy atom. The Morgan fingerprint density at radius 1 is 1.35 bits per heavy atom. The highest BCUT2D eigenvalue weighted by Crippen LogP contribution is 2.35. The highest BCUT2D eigenvalue weighted by molar-refractivity contribution is 5.88.